The molecule has 0 saturated heterocycles. The van der Waals surface area contributed by atoms with Gasteiger partial charge in [0.15, 0.2) is 0 Å². The Balaban J connectivity index is 2.21. The highest BCUT2D eigenvalue weighted by atomic mass is 35.5. The summed E-state index contributed by atoms with van der Waals surface area (Å²) in [5, 5.41) is 10.9. The summed E-state index contributed by atoms with van der Waals surface area (Å²) in [6.45, 7) is 3.49. The highest BCUT2D eigenvalue weighted by Crippen LogP contribution is 2.35. The molecule has 0 radical (unpaired) electrons. The molecule has 0 fully saturated rings. The molecule has 34 heavy (non-hydrogen) atoms. The molecule has 0 aliphatic heterocycles. The van der Waals surface area contributed by atoms with Crippen LogP contribution in [0.5, 0.6) is 0 Å². The number of aromatic amines is 1. The van der Waals surface area contributed by atoms with Crippen molar-refractivity contribution < 1.29 is 27.9 Å². The van der Waals surface area contributed by atoms with Gasteiger partial charge in [-0.15, -0.1) is 0 Å². The molecule has 2 aromatic carbocycles. The third kappa shape index (κ3) is 5.72. The van der Waals surface area contributed by atoms with Crippen LogP contribution in [0.2, 0.25) is 10.0 Å². The van der Waals surface area contributed by atoms with Gasteiger partial charge in [-0.1, -0.05) is 42.3 Å². The molecule has 1 heterocycles. The van der Waals surface area contributed by atoms with Crippen LogP contribution in [0.3, 0.4) is 0 Å². The number of sulfonamides is 1. The van der Waals surface area contributed by atoms with Gasteiger partial charge >= 0.3 is 11.9 Å². The third-order valence-electron chi connectivity index (χ3n) is 4.77. The maximum absolute atomic E-state index is 12.6. The fraction of sp³-hybridized carbons (Fsp3) is 0.217. The molecule has 0 spiro atoms. The number of H-pyrrole nitrogens is 1. The van der Waals surface area contributed by atoms with Gasteiger partial charge in [-0.05, 0) is 49.2 Å². The molecule has 0 aliphatic rings. The van der Waals surface area contributed by atoms with Crippen molar-refractivity contribution in [2.75, 3.05) is 17.1 Å². The summed E-state index contributed by atoms with van der Waals surface area (Å²) in [6, 6.07) is 9.02. The number of esters is 1. The zero-order valence-electron chi connectivity index (χ0n) is 18.3. The smallest absolute Gasteiger partial charge is 0.355 e. The van der Waals surface area contributed by atoms with Crippen molar-refractivity contribution in [1.82, 2.24) is 4.98 Å². The largest absolute Gasteiger partial charge is 0.478 e. The van der Waals surface area contributed by atoms with E-state index < -0.39 is 22.0 Å². The molecule has 0 bridgehead atoms. The second-order valence-electron chi connectivity index (χ2n) is 7.31. The first-order valence-electron chi connectivity index (χ1n) is 10.3. The van der Waals surface area contributed by atoms with Gasteiger partial charge in [-0.25, -0.2) is 18.0 Å². The van der Waals surface area contributed by atoms with Crippen LogP contribution < -0.4 is 4.72 Å². The number of anilines is 1. The average Bonchev–Trinajstić information content (AvgIpc) is 3.10. The number of aliphatic carboxylic acids is 1. The number of carboxylic acids is 1. The molecule has 8 nitrogen and oxygen atoms in total. The van der Waals surface area contributed by atoms with Crippen LogP contribution in [0, 0.1) is 0 Å². The van der Waals surface area contributed by atoms with E-state index in [0.29, 0.717) is 22.3 Å². The predicted molar refractivity (Wildman–Crippen MR) is 134 cm³/mol. The molecule has 180 valence electrons. The number of aromatic nitrogens is 1. The Morgan fingerprint density at radius 2 is 1.91 bits per heavy atom. The van der Waals surface area contributed by atoms with Crippen molar-refractivity contribution in [2.24, 2.45) is 0 Å². The van der Waals surface area contributed by atoms with E-state index in [0.717, 1.165) is 0 Å². The Bertz CT molecular complexity index is 1400. The fourth-order valence-electron chi connectivity index (χ4n) is 3.44. The Morgan fingerprint density at radius 3 is 2.56 bits per heavy atom. The summed E-state index contributed by atoms with van der Waals surface area (Å²) in [5.74, 6) is -2.05. The van der Waals surface area contributed by atoms with E-state index in [1.54, 1.807) is 19.9 Å². The van der Waals surface area contributed by atoms with Crippen LogP contribution in [0.15, 0.2) is 36.4 Å². The van der Waals surface area contributed by atoms with Gasteiger partial charge in [0.2, 0.25) is 10.0 Å². The standard InChI is InChI=1S/C23H22Cl2N2O6S/c1-3-8-34(31,32)27-15-7-5-6-13(9-15)16(22(28)29)12-17-20-18(25)10-14(24)11-19(20)26-21(17)23(30)33-4-2/h5-7,9-12,26-27H,3-4,8H2,1-2H3,(H,28,29). The molecule has 0 unspecified atom stereocenters. The molecule has 0 saturated carbocycles. The second kappa shape index (κ2) is 10.5. The van der Waals surface area contributed by atoms with E-state index in [2.05, 4.69) is 9.71 Å². The van der Waals surface area contributed by atoms with E-state index in [1.165, 1.54) is 36.4 Å². The summed E-state index contributed by atoms with van der Waals surface area (Å²) in [6.07, 6.45) is 1.73. The van der Waals surface area contributed by atoms with Gasteiger partial charge in [0.25, 0.3) is 0 Å². The highest BCUT2D eigenvalue weighted by molar-refractivity contribution is 7.92. The molecule has 3 N–H and O–H groups in total. The number of ether oxygens (including phenoxy) is 1. The number of rotatable bonds is 9. The number of fused-ring (bicyclic) bond motifs is 1. The zero-order valence-corrected chi connectivity index (χ0v) is 20.6. The maximum atomic E-state index is 12.6. The topological polar surface area (TPSA) is 126 Å². The van der Waals surface area contributed by atoms with Crippen LogP contribution >= 0.6 is 23.2 Å². The SMILES string of the molecule is CCCS(=O)(=O)Nc1cccc(C(=Cc2c(C(=O)OCC)[nH]c3cc(Cl)cc(Cl)c23)C(=O)O)c1. The lowest BCUT2D eigenvalue weighted by Crippen LogP contribution is -2.16. The summed E-state index contributed by atoms with van der Waals surface area (Å²) < 4.78 is 31.8. The van der Waals surface area contributed by atoms with E-state index in [-0.39, 0.29) is 45.5 Å². The Hall–Kier alpha value is -3.01. The first-order valence-corrected chi connectivity index (χ1v) is 12.7. The predicted octanol–water partition coefficient (Wildman–Crippen LogP) is 5.43. The Labute approximate surface area is 206 Å². The van der Waals surface area contributed by atoms with Crippen LogP contribution in [-0.2, 0) is 19.6 Å². The lowest BCUT2D eigenvalue weighted by molar-refractivity contribution is -0.130. The molecule has 0 atom stereocenters. The summed E-state index contributed by atoms with van der Waals surface area (Å²) >= 11 is 12.5. The lowest BCUT2D eigenvalue weighted by Gasteiger charge is -2.10. The highest BCUT2D eigenvalue weighted by Gasteiger charge is 2.22. The first kappa shape index (κ1) is 25.6. The number of hydrogen-bond acceptors (Lipinski definition) is 5. The monoisotopic (exact) mass is 524 g/mol. The molecule has 3 aromatic rings. The molecule has 3 rings (SSSR count). The summed E-state index contributed by atoms with van der Waals surface area (Å²) in [4.78, 5) is 27.7. The number of carbonyl (C=O) groups is 2. The lowest BCUT2D eigenvalue weighted by atomic mass is 10.0. The van der Waals surface area contributed by atoms with Gasteiger partial charge in [-0.3, -0.25) is 4.72 Å². The normalized spacial score (nSPS) is 12.1. The average molecular weight is 525 g/mol. The Kier molecular flexibility index (Phi) is 7.91. The number of hydrogen-bond donors (Lipinski definition) is 3. The Morgan fingerprint density at radius 1 is 1.18 bits per heavy atom. The van der Waals surface area contributed by atoms with Crippen LogP contribution in [-0.4, -0.2) is 42.8 Å². The first-order chi connectivity index (χ1) is 16.1. The minimum absolute atomic E-state index is 0.0135. The quantitative estimate of drug-likeness (QED) is 0.253. The van der Waals surface area contributed by atoms with Gasteiger partial charge in [0, 0.05) is 27.2 Å². The number of carbonyl (C=O) groups excluding carboxylic acids is 1. The minimum Gasteiger partial charge on any atom is -0.478 e. The molecular weight excluding hydrogens is 503 g/mol. The van der Waals surface area contributed by atoms with Crippen molar-refractivity contribution in [3.8, 4) is 0 Å². The van der Waals surface area contributed by atoms with Gasteiger partial charge < -0.3 is 14.8 Å². The van der Waals surface area contributed by atoms with Gasteiger partial charge in [0.1, 0.15) is 5.69 Å². The van der Waals surface area contributed by atoms with Crippen LogP contribution in [0.25, 0.3) is 22.6 Å². The van der Waals surface area contributed by atoms with Crippen molar-refractivity contribution in [2.45, 2.75) is 20.3 Å². The van der Waals surface area contributed by atoms with Gasteiger partial charge in [-0.2, -0.15) is 0 Å². The van der Waals surface area contributed by atoms with Crippen molar-refractivity contribution >= 4 is 73.4 Å². The van der Waals surface area contributed by atoms with E-state index in [4.69, 9.17) is 27.9 Å². The second-order valence-corrected chi connectivity index (χ2v) is 9.99. The minimum atomic E-state index is -3.57. The molecular formula is C23H22Cl2N2O6S. The van der Waals surface area contributed by atoms with Crippen LogP contribution in [0.4, 0.5) is 5.69 Å². The fourth-order valence-corrected chi connectivity index (χ4v) is 5.16. The van der Waals surface area contributed by atoms with E-state index in [9.17, 15) is 23.1 Å². The maximum Gasteiger partial charge on any atom is 0.355 e. The van der Waals surface area contributed by atoms with Crippen LogP contribution in [0.1, 0.15) is 41.9 Å². The number of nitrogens with one attached hydrogen (secondary N) is 2. The van der Waals surface area contributed by atoms with Crippen molar-refractivity contribution in [1.29, 1.82) is 0 Å². The summed E-state index contributed by atoms with van der Waals surface area (Å²) in [7, 11) is -3.57. The zero-order chi connectivity index (χ0) is 25.0. The summed E-state index contributed by atoms with van der Waals surface area (Å²) in [5.41, 5.74) is 0.904. The van der Waals surface area contributed by atoms with Crippen molar-refractivity contribution in [3.63, 3.8) is 0 Å². The number of halogens is 2. The van der Waals surface area contributed by atoms with Gasteiger partial charge in [0.05, 0.1) is 23.0 Å². The molecule has 11 heteroatoms. The third-order valence-corrected chi connectivity index (χ3v) is 6.78. The molecule has 1 aromatic heterocycles. The van der Waals surface area contributed by atoms with Crippen molar-refractivity contribution in [3.05, 3.63) is 63.3 Å². The molecule has 0 amide bonds. The van der Waals surface area contributed by atoms with E-state index in [1.807, 2.05) is 0 Å². The number of carboxylic acid groups (broad SMARTS) is 1. The molecule has 0 aliphatic carbocycles. The van der Waals surface area contributed by atoms with E-state index >= 15 is 0 Å². The number of benzene rings is 2.